The van der Waals surface area contributed by atoms with Gasteiger partial charge >= 0.3 is 0 Å². The number of amides is 1. The smallest absolute Gasteiger partial charge is 0.276 e. The van der Waals surface area contributed by atoms with Gasteiger partial charge in [-0.1, -0.05) is 5.16 Å². The third kappa shape index (κ3) is 3.26. The van der Waals surface area contributed by atoms with E-state index < -0.39 is 0 Å². The SMILES string of the molecule is CN1CCc2nc(C3CCCN(C(=O)c4cc(C5CC5)on4)C3)[nH]c(=O)c2C1. The van der Waals surface area contributed by atoms with Crippen molar-refractivity contribution in [1.29, 1.82) is 0 Å². The summed E-state index contributed by atoms with van der Waals surface area (Å²) in [6.07, 6.45) is 4.81. The maximum atomic E-state index is 12.9. The van der Waals surface area contributed by atoms with Gasteiger partial charge in [-0.3, -0.25) is 9.59 Å². The van der Waals surface area contributed by atoms with Crippen LogP contribution >= 0.6 is 0 Å². The number of hydrogen-bond donors (Lipinski definition) is 1. The van der Waals surface area contributed by atoms with Crippen molar-refractivity contribution in [2.75, 3.05) is 26.7 Å². The number of H-pyrrole nitrogens is 1. The molecule has 8 nitrogen and oxygen atoms in total. The van der Waals surface area contributed by atoms with Crippen LogP contribution in [0.4, 0.5) is 0 Å². The molecule has 2 aromatic rings. The first-order chi connectivity index (χ1) is 13.6. The van der Waals surface area contributed by atoms with Gasteiger partial charge in [0.05, 0.1) is 11.3 Å². The van der Waals surface area contributed by atoms with E-state index in [0.29, 0.717) is 37.1 Å². The molecular formula is C20H25N5O3. The number of nitrogens with zero attached hydrogens (tertiary/aromatic N) is 4. The van der Waals surface area contributed by atoms with Gasteiger partial charge in [0.15, 0.2) is 5.69 Å². The fraction of sp³-hybridized carbons (Fsp3) is 0.600. The Bertz CT molecular complexity index is 961. The van der Waals surface area contributed by atoms with Crippen LogP contribution in [0.1, 0.15) is 70.8 Å². The van der Waals surface area contributed by atoms with E-state index in [2.05, 4.69) is 15.0 Å². The Morgan fingerprint density at radius 2 is 2.11 bits per heavy atom. The third-order valence-corrected chi connectivity index (χ3v) is 6.10. The molecule has 1 saturated carbocycles. The van der Waals surface area contributed by atoms with Crippen LogP contribution in [0.5, 0.6) is 0 Å². The molecule has 8 heteroatoms. The van der Waals surface area contributed by atoms with Crippen molar-refractivity contribution in [1.82, 2.24) is 24.9 Å². The van der Waals surface area contributed by atoms with Crippen LogP contribution in [0.25, 0.3) is 0 Å². The second kappa shape index (κ2) is 6.84. The highest BCUT2D eigenvalue weighted by Crippen LogP contribution is 2.40. The Morgan fingerprint density at radius 1 is 1.25 bits per heavy atom. The molecule has 5 rings (SSSR count). The summed E-state index contributed by atoms with van der Waals surface area (Å²) in [6, 6.07) is 1.79. The van der Waals surface area contributed by atoms with Crippen molar-refractivity contribution in [3.05, 3.63) is 45.0 Å². The Kier molecular flexibility index (Phi) is 4.30. The summed E-state index contributed by atoms with van der Waals surface area (Å²) in [6.45, 7) is 2.80. The van der Waals surface area contributed by atoms with Crippen molar-refractivity contribution >= 4 is 5.91 Å². The standard InChI is InChI=1S/C20H25N5O3/c1-24-8-6-15-14(11-24)19(26)22-18(21-15)13-3-2-7-25(10-13)20(27)16-9-17(28-23-16)12-4-5-12/h9,12-13H,2-8,10-11H2,1H3,(H,21,22,26). The molecule has 1 N–H and O–H groups in total. The van der Waals surface area contributed by atoms with Gasteiger partial charge in [0.1, 0.15) is 11.6 Å². The van der Waals surface area contributed by atoms with E-state index >= 15 is 0 Å². The summed E-state index contributed by atoms with van der Waals surface area (Å²) in [5, 5.41) is 3.98. The van der Waals surface area contributed by atoms with Crippen LogP contribution < -0.4 is 5.56 Å². The van der Waals surface area contributed by atoms with E-state index in [9.17, 15) is 9.59 Å². The Labute approximate surface area is 162 Å². The van der Waals surface area contributed by atoms with Gasteiger partial charge in [-0.25, -0.2) is 4.98 Å². The number of rotatable bonds is 3. The molecule has 2 aromatic heterocycles. The van der Waals surface area contributed by atoms with Crippen LogP contribution in [-0.2, 0) is 13.0 Å². The molecule has 1 unspecified atom stereocenters. The Balaban J connectivity index is 1.34. The van der Waals surface area contributed by atoms with E-state index in [1.165, 1.54) is 0 Å². The van der Waals surface area contributed by atoms with Crippen LogP contribution in [0.2, 0.25) is 0 Å². The molecule has 3 aliphatic rings. The number of likely N-dealkylation sites (tertiary alicyclic amines) is 1. The molecule has 0 spiro atoms. The number of nitrogens with one attached hydrogen (secondary N) is 1. The minimum Gasteiger partial charge on any atom is -0.360 e. The van der Waals surface area contributed by atoms with Crippen LogP contribution in [-0.4, -0.2) is 57.5 Å². The maximum Gasteiger partial charge on any atom is 0.276 e. The fourth-order valence-electron chi connectivity index (χ4n) is 4.27. The molecule has 0 bridgehead atoms. The number of aromatic amines is 1. The molecule has 1 amide bonds. The molecule has 0 aromatic carbocycles. The van der Waals surface area contributed by atoms with Gasteiger partial charge in [-0.2, -0.15) is 0 Å². The number of aromatic nitrogens is 3. The first-order valence-corrected chi connectivity index (χ1v) is 10.1. The molecule has 1 saturated heterocycles. The lowest BCUT2D eigenvalue weighted by atomic mass is 9.96. The quantitative estimate of drug-likeness (QED) is 0.866. The molecular weight excluding hydrogens is 358 g/mol. The number of likely N-dealkylation sites (N-methyl/N-ethyl adjacent to an activating group) is 1. The number of carbonyl (C=O) groups excluding carboxylic acids is 1. The Morgan fingerprint density at radius 3 is 2.93 bits per heavy atom. The van der Waals surface area contributed by atoms with E-state index in [1.807, 2.05) is 11.9 Å². The minimum atomic E-state index is -0.0951. The maximum absolute atomic E-state index is 12.9. The first kappa shape index (κ1) is 17.6. The molecule has 2 fully saturated rings. The lowest BCUT2D eigenvalue weighted by Gasteiger charge is -2.32. The average molecular weight is 383 g/mol. The van der Waals surface area contributed by atoms with Crippen molar-refractivity contribution < 1.29 is 9.32 Å². The zero-order valence-electron chi connectivity index (χ0n) is 16.1. The van der Waals surface area contributed by atoms with Gasteiger partial charge in [0.25, 0.3) is 11.5 Å². The van der Waals surface area contributed by atoms with Gasteiger partial charge in [0.2, 0.25) is 0 Å². The van der Waals surface area contributed by atoms with Gasteiger partial charge in [0, 0.05) is 50.5 Å². The highest BCUT2D eigenvalue weighted by molar-refractivity contribution is 5.92. The summed E-state index contributed by atoms with van der Waals surface area (Å²) in [5.74, 6) is 1.92. The van der Waals surface area contributed by atoms with Crippen LogP contribution in [0, 0.1) is 0 Å². The summed E-state index contributed by atoms with van der Waals surface area (Å²) in [5.41, 5.74) is 2.03. The van der Waals surface area contributed by atoms with E-state index in [0.717, 1.165) is 55.7 Å². The summed E-state index contributed by atoms with van der Waals surface area (Å²) in [7, 11) is 2.01. The zero-order chi connectivity index (χ0) is 19.3. The fourth-order valence-corrected chi connectivity index (χ4v) is 4.27. The average Bonchev–Trinajstić information content (AvgIpc) is 3.45. The number of piperidine rings is 1. The summed E-state index contributed by atoms with van der Waals surface area (Å²) >= 11 is 0. The van der Waals surface area contributed by atoms with Gasteiger partial charge in [-0.15, -0.1) is 0 Å². The Hall–Kier alpha value is -2.48. The molecule has 1 atom stereocenters. The second-order valence-corrected chi connectivity index (χ2v) is 8.34. The molecule has 4 heterocycles. The third-order valence-electron chi connectivity index (χ3n) is 6.10. The van der Waals surface area contributed by atoms with Crippen LogP contribution in [0.15, 0.2) is 15.4 Å². The largest absolute Gasteiger partial charge is 0.360 e. The van der Waals surface area contributed by atoms with E-state index in [-0.39, 0.29) is 17.4 Å². The lowest BCUT2D eigenvalue weighted by molar-refractivity contribution is 0.0693. The molecule has 1 aliphatic carbocycles. The highest BCUT2D eigenvalue weighted by atomic mass is 16.5. The van der Waals surface area contributed by atoms with Crippen molar-refractivity contribution in [2.45, 2.75) is 50.5 Å². The highest BCUT2D eigenvalue weighted by Gasteiger charge is 2.32. The number of carbonyl (C=O) groups is 1. The van der Waals surface area contributed by atoms with Gasteiger partial charge < -0.3 is 19.3 Å². The number of hydrogen-bond acceptors (Lipinski definition) is 6. The predicted octanol–water partition coefficient (Wildman–Crippen LogP) is 1.64. The zero-order valence-corrected chi connectivity index (χ0v) is 16.1. The van der Waals surface area contributed by atoms with Crippen molar-refractivity contribution in [2.24, 2.45) is 0 Å². The van der Waals surface area contributed by atoms with E-state index in [1.54, 1.807) is 6.07 Å². The lowest BCUT2D eigenvalue weighted by Crippen LogP contribution is -2.41. The van der Waals surface area contributed by atoms with Crippen molar-refractivity contribution in [3.8, 4) is 0 Å². The first-order valence-electron chi connectivity index (χ1n) is 10.1. The van der Waals surface area contributed by atoms with E-state index in [4.69, 9.17) is 9.51 Å². The molecule has 28 heavy (non-hydrogen) atoms. The summed E-state index contributed by atoms with van der Waals surface area (Å²) < 4.78 is 5.34. The molecule has 148 valence electrons. The molecule has 0 radical (unpaired) electrons. The normalized spacial score (nSPS) is 22.9. The predicted molar refractivity (Wildman–Crippen MR) is 101 cm³/mol. The monoisotopic (exact) mass is 383 g/mol. The topological polar surface area (TPSA) is 95.3 Å². The van der Waals surface area contributed by atoms with Crippen molar-refractivity contribution in [3.63, 3.8) is 0 Å². The van der Waals surface area contributed by atoms with Crippen LogP contribution in [0.3, 0.4) is 0 Å². The van der Waals surface area contributed by atoms with Gasteiger partial charge in [-0.05, 0) is 32.7 Å². The molecule has 2 aliphatic heterocycles. The second-order valence-electron chi connectivity index (χ2n) is 8.34. The summed E-state index contributed by atoms with van der Waals surface area (Å²) in [4.78, 5) is 37.1. The minimum absolute atomic E-state index is 0.0411. The number of fused-ring (bicyclic) bond motifs is 1.